The number of rotatable bonds is 2. The summed E-state index contributed by atoms with van der Waals surface area (Å²) < 4.78 is 2.55. The summed E-state index contributed by atoms with van der Waals surface area (Å²) in [4.78, 5) is 0. The van der Waals surface area contributed by atoms with Crippen LogP contribution in [-0.2, 0) is 10.8 Å². The molecule has 0 bridgehead atoms. The topological polar surface area (TPSA) is 4.93 Å². The van der Waals surface area contributed by atoms with Crippen LogP contribution >= 0.6 is 11.6 Å². The van der Waals surface area contributed by atoms with Gasteiger partial charge in [0, 0.05) is 26.6 Å². The van der Waals surface area contributed by atoms with Crippen LogP contribution in [0.3, 0.4) is 0 Å². The molecule has 0 amide bonds. The van der Waals surface area contributed by atoms with Crippen LogP contribution in [0, 0.1) is 0 Å². The lowest BCUT2D eigenvalue weighted by molar-refractivity contribution is 0.625. The third-order valence-electron chi connectivity index (χ3n) is 10.4. The Morgan fingerprint density at radius 3 is 1.84 bits per heavy atom. The highest BCUT2D eigenvalue weighted by atomic mass is 35.5. The first-order valence-electron chi connectivity index (χ1n) is 15.5. The van der Waals surface area contributed by atoms with E-state index >= 15 is 0 Å². The molecule has 0 spiro atoms. The zero-order valence-corrected chi connectivity index (χ0v) is 26.1. The number of fused-ring (bicyclic) bond motifs is 8. The molecular formula is C42H32ClN. The first kappa shape index (κ1) is 25.9. The number of benzene rings is 6. The monoisotopic (exact) mass is 585 g/mol. The molecule has 2 heteroatoms. The molecule has 0 atom stereocenters. The maximum atomic E-state index is 6.55. The predicted molar refractivity (Wildman–Crippen MR) is 186 cm³/mol. The molecule has 1 aromatic heterocycles. The second-order valence-corrected chi connectivity index (χ2v) is 14.0. The lowest BCUT2D eigenvalue weighted by Gasteiger charge is -2.36. The Bertz CT molecular complexity index is 2320. The van der Waals surface area contributed by atoms with E-state index in [-0.39, 0.29) is 10.8 Å². The van der Waals surface area contributed by atoms with Gasteiger partial charge >= 0.3 is 0 Å². The molecule has 0 radical (unpaired) electrons. The van der Waals surface area contributed by atoms with Crippen LogP contribution in [0.4, 0.5) is 0 Å². The number of nitrogens with zero attached hydrogens (tertiary/aromatic N) is 1. The zero-order chi connectivity index (χ0) is 30.0. The average Bonchev–Trinajstić information content (AvgIpc) is 3.48. The van der Waals surface area contributed by atoms with Gasteiger partial charge in [-0.1, -0.05) is 112 Å². The SMILES string of the molecule is CC1(C)c2cc(Cl)ccc2-c2cc3c(cc21)-n1c2ccc(-c4ccccc4)cc2c2cc(-c4ccccc4)cc(c21)C3(C)C. The van der Waals surface area contributed by atoms with Crippen molar-refractivity contribution in [3.8, 4) is 39.1 Å². The Labute approximate surface area is 263 Å². The Kier molecular flexibility index (Phi) is 5.14. The van der Waals surface area contributed by atoms with Crippen LogP contribution in [0.5, 0.6) is 0 Å². The van der Waals surface area contributed by atoms with Crippen LogP contribution in [0.25, 0.3) is 60.9 Å². The molecule has 0 saturated heterocycles. The predicted octanol–water partition coefficient (Wildman–Crippen LogP) is 11.7. The number of hydrogen-bond donors (Lipinski definition) is 0. The van der Waals surface area contributed by atoms with Gasteiger partial charge in [0.2, 0.25) is 0 Å². The highest BCUT2D eigenvalue weighted by Crippen LogP contribution is 2.55. The molecule has 2 aliphatic rings. The fourth-order valence-corrected chi connectivity index (χ4v) is 8.23. The molecule has 0 N–H and O–H groups in total. The van der Waals surface area contributed by atoms with Crippen LogP contribution in [0.15, 0.2) is 121 Å². The van der Waals surface area contributed by atoms with Gasteiger partial charge in [-0.05, 0) is 104 Å². The minimum atomic E-state index is -0.209. The number of halogens is 1. The van der Waals surface area contributed by atoms with Crippen molar-refractivity contribution in [2.45, 2.75) is 38.5 Å². The molecule has 0 fully saturated rings. The molecule has 6 aromatic carbocycles. The first-order chi connectivity index (χ1) is 21.2. The van der Waals surface area contributed by atoms with E-state index in [0.717, 1.165) is 5.02 Å². The van der Waals surface area contributed by atoms with Gasteiger partial charge in [-0.3, -0.25) is 0 Å². The van der Waals surface area contributed by atoms with Crippen LogP contribution in [-0.4, -0.2) is 4.57 Å². The first-order valence-corrected chi connectivity index (χ1v) is 15.8. The third-order valence-corrected chi connectivity index (χ3v) is 10.7. The summed E-state index contributed by atoms with van der Waals surface area (Å²) in [5.41, 5.74) is 16.5. The summed E-state index contributed by atoms with van der Waals surface area (Å²) in [5.74, 6) is 0. The van der Waals surface area contributed by atoms with Crippen molar-refractivity contribution in [2.75, 3.05) is 0 Å². The van der Waals surface area contributed by atoms with Crippen LogP contribution < -0.4 is 0 Å². The van der Waals surface area contributed by atoms with Crippen molar-refractivity contribution in [3.05, 3.63) is 149 Å². The molecule has 7 aromatic rings. The van der Waals surface area contributed by atoms with Crippen molar-refractivity contribution in [3.63, 3.8) is 0 Å². The van der Waals surface area contributed by atoms with Gasteiger partial charge in [-0.25, -0.2) is 0 Å². The second-order valence-electron chi connectivity index (χ2n) is 13.6. The van der Waals surface area contributed by atoms with Gasteiger partial charge in [-0.2, -0.15) is 0 Å². The van der Waals surface area contributed by atoms with Crippen LogP contribution in [0.1, 0.15) is 49.9 Å². The molecule has 9 rings (SSSR count). The Hall–Kier alpha value is -4.59. The van der Waals surface area contributed by atoms with Gasteiger partial charge in [0.25, 0.3) is 0 Å². The number of aromatic nitrogens is 1. The van der Waals surface area contributed by atoms with Crippen molar-refractivity contribution >= 4 is 33.4 Å². The molecule has 0 unspecified atom stereocenters. The van der Waals surface area contributed by atoms with Gasteiger partial charge in [-0.15, -0.1) is 0 Å². The summed E-state index contributed by atoms with van der Waals surface area (Å²) in [5, 5.41) is 3.39. The van der Waals surface area contributed by atoms with Crippen molar-refractivity contribution in [2.24, 2.45) is 0 Å². The zero-order valence-electron chi connectivity index (χ0n) is 25.4. The highest BCUT2D eigenvalue weighted by Gasteiger charge is 2.41. The van der Waals surface area contributed by atoms with Crippen LogP contribution in [0.2, 0.25) is 5.02 Å². The minimum Gasteiger partial charge on any atom is -0.309 e. The smallest absolute Gasteiger partial charge is 0.0582 e. The Morgan fingerprint density at radius 1 is 0.477 bits per heavy atom. The molecule has 2 heterocycles. The lowest BCUT2D eigenvalue weighted by Crippen LogP contribution is -2.27. The fourth-order valence-electron chi connectivity index (χ4n) is 8.05. The van der Waals surface area contributed by atoms with E-state index in [1.165, 1.54) is 83.1 Å². The largest absolute Gasteiger partial charge is 0.309 e. The summed E-state index contributed by atoms with van der Waals surface area (Å²) in [7, 11) is 0. The summed E-state index contributed by atoms with van der Waals surface area (Å²) >= 11 is 6.55. The van der Waals surface area contributed by atoms with E-state index in [2.05, 4.69) is 148 Å². The molecular weight excluding hydrogens is 554 g/mol. The molecule has 1 aliphatic carbocycles. The highest BCUT2D eigenvalue weighted by molar-refractivity contribution is 6.30. The second kappa shape index (κ2) is 8.74. The fraction of sp³-hybridized carbons (Fsp3) is 0.143. The maximum Gasteiger partial charge on any atom is 0.0582 e. The van der Waals surface area contributed by atoms with E-state index in [1.54, 1.807) is 0 Å². The van der Waals surface area contributed by atoms with Crippen molar-refractivity contribution < 1.29 is 0 Å². The Morgan fingerprint density at radius 2 is 1.11 bits per heavy atom. The lowest BCUT2D eigenvalue weighted by atomic mass is 9.72. The molecule has 1 aliphatic heterocycles. The van der Waals surface area contributed by atoms with E-state index in [4.69, 9.17) is 11.6 Å². The standard InChI is InChI=1S/C42H32ClN/c1-41(2)34-22-29(43)16-17-30(34)31-23-36-39(24-35(31)41)44-38-18-15-27(25-11-7-5-8-12-25)19-32(38)33-20-28(26-13-9-6-10-14-26)21-37(40(33)44)42(36,3)4/h5-24H,1-4H3. The molecule has 44 heavy (non-hydrogen) atoms. The number of hydrogen-bond acceptors (Lipinski definition) is 0. The molecule has 0 saturated carbocycles. The average molecular weight is 586 g/mol. The van der Waals surface area contributed by atoms with Crippen molar-refractivity contribution in [1.29, 1.82) is 0 Å². The minimum absolute atomic E-state index is 0.144. The van der Waals surface area contributed by atoms with Gasteiger partial charge in [0.1, 0.15) is 0 Å². The molecule has 212 valence electrons. The van der Waals surface area contributed by atoms with E-state index in [0.29, 0.717) is 0 Å². The quantitative estimate of drug-likeness (QED) is 0.190. The maximum absolute atomic E-state index is 6.55. The van der Waals surface area contributed by atoms with E-state index in [9.17, 15) is 0 Å². The van der Waals surface area contributed by atoms with Gasteiger partial charge < -0.3 is 4.57 Å². The van der Waals surface area contributed by atoms with E-state index < -0.39 is 0 Å². The van der Waals surface area contributed by atoms with Gasteiger partial charge in [0.15, 0.2) is 0 Å². The van der Waals surface area contributed by atoms with Crippen molar-refractivity contribution in [1.82, 2.24) is 4.57 Å². The summed E-state index contributed by atoms with van der Waals surface area (Å²) in [6.45, 7) is 9.48. The molecule has 1 nitrogen and oxygen atoms in total. The van der Waals surface area contributed by atoms with E-state index in [1.807, 2.05) is 6.07 Å². The Balaban J connectivity index is 1.41. The van der Waals surface area contributed by atoms with Gasteiger partial charge in [0.05, 0.1) is 16.7 Å². The third kappa shape index (κ3) is 3.36. The summed E-state index contributed by atoms with van der Waals surface area (Å²) in [6.07, 6.45) is 0. The normalized spacial score (nSPS) is 15.3. The summed E-state index contributed by atoms with van der Waals surface area (Å²) in [6, 6.07) is 44.8.